The lowest BCUT2D eigenvalue weighted by molar-refractivity contribution is -0.0498. The van der Waals surface area contributed by atoms with E-state index in [-0.39, 0.29) is 31.3 Å². The van der Waals surface area contributed by atoms with Crippen molar-refractivity contribution in [3.63, 3.8) is 0 Å². The minimum Gasteiger partial charge on any atom is -0.493 e. The van der Waals surface area contributed by atoms with Crippen LogP contribution >= 0.6 is 0 Å². The Balaban J connectivity index is 1.30. The number of rotatable bonds is 10. The first-order valence-corrected chi connectivity index (χ1v) is 13.3. The number of nitrogens with zero attached hydrogens (tertiary/aromatic N) is 5. The smallest absolute Gasteiger partial charge is 0.387 e. The molecule has 0 aliphatic carbocycles. The van der Waals surface area contributed by atoms with Crippen molar-refractivity contribution in [3.8, 4) is 11.5 Å². The van der Waals surface area contributed by atoms with Gasteiger partial charge in [-0.2, -0.15) is 13.8 Å². The van der Waals surface area contributed by atoms with Crippen molar-refractivity contribution in [1.29, 1.82) is 0 Å². The molecular formula is C29H27F2N7O4. The lowest BCUT2D eigenvalue weighted by atomic mass is 10.1. The predicted octanol–water partition coefficient (Wildman–Crippen LogP) is 3.08. The summed E-state index contributed by atoms with van der Waals surface area (Å²) in [5.41, 5.74) is 8.85. The fourth-order valence-electron chi connectivity index (χ4n) is 5.03. The molecule has 0 amide bonds. The summed E-state index contributed by atoms with van der Waals surface area (Å²) in [6, 6.07) is 19.0. The summed E-state index contributed by atoms with van der Waals surface area (Å²) >= 11 is 0. The maximum absolute atomic E-state index is 13.7. The van der Waals surface area contributed by atoms with Crippen molar-refractivity contribution in [3.05, 3.63) is 104 Å². The molecule has 3 aromatic carbocycles. The van der Waals surface area contributed by atoms with Crippen LogP contribution in [0.1, 0.15) is 16.7 Å². The predicted molar refractivity (Wildman–Crippen MR) is 152 cm³/mol. The average molecular weight is 576 g/mol. The van der Waals surface area contributed by atoms with Gasteiger partial charge in [-0.3, -0.25) is 4.57 Å². The molecule has 0 saturated carbocycles. The Morgan fingerprint density at radius 2 is 1.71 bits per heavy atom. The molecule has 11 nitrogen and oxygen atoms in total. The van der Waals surface area contributed by atoms with E-state index in [2.05, 4.69) is 20.0 Å². The Hall–Kier alpha value is -5.20. The molecule has 0 radical (unpaired) electrons. The number of halogens is 2. The Bertz CT molecular complexity index is 1870. The molecule has 42 heavy (non-hydrogen) atoms. The summed E-state index contributed by atoms with van der Waals surface area (Å²) in [5, 5.41) is 3.10. The molecule has 6 rings (SSSR count). The molecule has 0 unspecified atom stereocenters. The van der Waals surface area contributed by atoms with E-state index in [1.807, 2.05) is 47.0 Å². The van der Waals surface area contributed by atoms with Crippen molar-refractivity contribution < 1.29 is 18.3 Å². The van der Waals surface area contributed by atoms with Crippen LogP contribution in [0, 0.1) is 0 Å². The number of ether oxygens (including phenoxy) is 2. The largest absolute Gasteiger partial charge is 0.493 e. The van der Waals surface area contributed by atoms with E-state index in [0.29, 0.717) is 24.7 Å². The second-order valence-electron chi connectivity index (χ2n) is 9.77. The van der Waals surface area contributed by atoms with Gasteiger partial charge in [0.1, 0.15) is 11.5 Å². The van der Waals surface area contributed by atoms with Crippen LogP contribution in [-0.4, -0.2) is 43.4 Å². The maximum Gasteiger partial charge on any atom is 0.387 e. The Morgan fingerprint density at radius 3 is 2.52 bits per heavy atom. The molecule has 0 spiro atoms. The number of para-hydroxylation sites is 2. The topological polar surface area (TPSA) is 131 Å². The molecule has 3 N–H and O–H groups in total. The highest BCUT2D eigenvalue weighted by Crippen LogP contribution is 2.26. The summed E-state index contributed by atoms with van der Waals surface area (Å²) in [5.74, 6) is 1.20. The number of aromatic nitrogens is 5. The number of alkyl halides is 2. The van der Waals surface area contributed by atoms with E-state index in [1.165, 1.54) is 16.7 Å². The van der Waals surface area contributed by atoms with Crippen LogP contribution in [0.15, 0.2) is 76.3 Å². The van der Waals surface area contributed by atoms with Gasteiger partial charge in [0.15, 0.2) is 0 Å². The third kappa shape index (κ3) is 5.53. The van der Waals surface area contributed by atoms with Crippen LogP contribution in [0.4, 0.5) is 20.7 Å². The fraction of sp³-hybridized carbons (Fsp3) is 0.241. The quantitative estimate of drug-likeness (QED) is 0.260. The number of hydrogen-bond acceptors (Lipinski definition) is 8. The first-order chi connectivity index (χ1) is 20.4. The summed E-state index contributed by atoms with van der Waals surface area (Å²) in [7, 11) is 0. The third-order valence-corrected chi connectivity index (χ3v) is 7.04. The highest BCUT2D eigenvalue weighted by atomic mass is 19.3. The van der Waals surface area contributed by atoms with Crippen molar-refractivity contribution in [2.45, 2.75) is 32.7 Å². The van der Waals surface area contributed by atoms with Gasteiger partial charge in [0, 0.05) is 19.5 Å². The van der Waals surface area contributed by atoms with E-state index in [4.69, 9.17) is 10.5 Å². The van der Waals surface area contributed by atoms with Gasteiger partial charge in [0.25, 0.3) is 0 Å². The molecule has 216 valence electrons. The van der Waals surface area contributed by atoms with Crippen molar-refractivity contribution in [1.82, 2.24) is 23.7 Å². The second-order valence-corrected chi connectivity index (χ2v) is 9.77. The van der Waals surface area contributed by atoms with Crippen LogP contribution in [0.5, 0.6) is 11.5 Å². The van der Waals surface area contributed by atoms with Crippen LogP contribution in [-0.2, 0) is 26.1 Å². The minimum atomic E-state index is -2.95. The molecule has 1 aliphatic rings. The summed E-state index contributed by atoms with van der Waals surface area (Å²) in [6.07, 6.45) is 0.755. The van der Waals surface area contributed by atoms with Gasteiger partial charge >= 0.3 is 18.0 Å². The lowest BCUT2D eigenvalue weighted by Gasteiger charge is -2.16. The van der Waals surface area contributed by atoms with Crippen LogP contribution in [0.2, 0.25) is 0 Å². The molecule has 3 heterocycles. The molecular weight excluding hydrogens is 548 g/mol. The van der Waals surface area contributed by atoms with Crippen molar-refractivity contribution in [2.75, 3.05) is 24.2 Å². The SMILES string of the molecule is Nc1nc2ccccc2n1CCNc1nc(=O)n(Cc2ccc3c(c2)CCO3)c(=O)n1Cc1ccc(OC(F)F)cc1. The standard InChI is InChI=1S/C29H27F2N7O4/c30-25(31)42-21-8-5-18(6-9-21)16-37-27(33-12-13-36-23-4-2-1-3-22(23)34-26(36)32)35-28(39)38(29(37)40)17-19-7-10-24-20(15-19)11-14-41-24/h1-10,15,25H,11-14,16-17H2,(H2,32,34)(H,33,35,39). The number of benzene rings is 3. The second kappa shape index (κ2) is 11.4. The normalized spacial score (nSPS) is 12.5. The average Bonchev–Trinajstić information content (AvgIpc) is 3.57. The Morgan fingerprint density at radius 1 is 0.952 bits per heavy atom. The first-order valence-electron chi connectivity index (χ1n) is 13.3. The van der Waals surface area contributed by atoms with Gasteiger partial charge in [0.2, 0.25) is 11.9 Å². The van der Waals surface area contributed by atoms with Crippen LogP contribution in [0.25, 0.3) is 11.0 Å². The van der Waals surface area contributed by atoms with Gasteiger partial charge in [-0.1, -0.05) is 36.4 Å². The molecule has 0 bridgehead atoms. The third-order valence-electron chi connectivity index (χ3n) is 7.04. The number of fused-ring (bicyclic) bond motifs is 2. The minimum absolute atomic E-state index is 0.00622. The van der Waals surface area contributed by atoms with Gasteiger partial charge in [-0.15, -0.1) is 0 Å². The number of nitrogens with two attached hydrogens (primary N) is 1. The lowest BCUT2D eigenvalue weighted by Crippen LogP contribution is -2.43. The van der Waals surface area contributed by atoms with Crippen molar-refractivity contribution in [2.24, 2.45) is 0 Å². The molecule has 1 aliphatic heterocycles. The first kappa shape index (κ1) is 27.0. The fourth-order valence-corrected chi connectivity index (χ4v) is 5.03. The van der Waals surface area contributed by atoms with Gasteiger partial charge < -0.3 is 25.1 Å². The summed E-state index contributed by atoms with van der Waals surface area (Å²) in [4.78, 5) is 35.4. The summed E-state index contributed by atoms with van der Waals surface area (Å²) < 4.78 is 39.4. The summed E-state index contributed by atoms with van der Waals surface area (Å²) in [6.45, 7) is -1.63. The highest BCUT2D eigenvalue weighted by molar-refractivity contribution is 5.78. The van der Waals surface area contributed by atoms with Crippen LogP contribution < -0.4 is 31.9 Å². The number of nitrogens with one attached hydrogen (secondary N) is 1. The monoisotopic (exact) mass is 575 g/mol. The van der Waals surface area contributed by atoms with Crippen molar-refractivity contribution >= 4 is 22.9 Å². The molecule has 2 aromatic heterocycles. The van der Waals surface area contributed by atoms with E-state index >= 15 is 0 Å². The van der Waals surface area contributed by atoms with E-state index < -0.39 is 18.0 Å². The zero-order valence-electron chi connectivity index (χ0n) is 22.4. The molecule has 5 aromatic rings. The molecule has 0 atom stereocenters. The molecule has 13 heteroatoms. The number of nitrogen functional groups attached to an aromatic ring is 1. The number of anilines is 2. The number of hydrogen-bond donors (Lipinski definition) is 2. The zero-order valence-corrected chi connectivity index (χ0v) is 22.4. The van der Waals surface area contributed by atoms with Gasteiger partial charge in [-0.05, 0) is 47.0 Å². The van der Waals surface area contributed by atoms with Gasteiger partial charge in [0.05, 0.1) is 30.7 Å². The van der Waals surface area contributed by atoms with E-state index in [9.17, 15) is 18.4 Å². The molecule has 0 saturated heterocycles. The Kier molecular flexibility index (Phi) is 7.30. The molecule has 0 fully saturated rings. The Labute approximate surface area is 237 Å². The van der Waals surface area contributed by atoms with Gasteiger partial charge in [-0.25, -0.2) is 19.1 Å². The maximum atomic E-state index is 13.7. The van der Waals surface area contributed by atoms with E-state index in [1.54, 1.807) is 12.1 Å². The highest BCUT2D eigenvalue weighted by Gasteiger charge is 2.17. The van der Waals surface area contributed by atoms with E-state index in [0.717, 1.165) is 38.9 Å². The zero-order chi connectivity index (χ0) is 29.2. The number of imidazole rings is 1. The van der Waals surface area contributed by atoms with Crippen LogP contribution in [0.3, 0.4) is 0 Å².